The van der Waals surface area contributed by atoms with E-state index < -0.39 is 29.9 Å². The Bertz CT molecular complexity index is 1010. The Hall–Kier alpha value is -2.55. The van der Waals surface area contributed by atoms with Crippen molar-refractivity contribution in [1.82, 2.24) is 5.06 Å². The highest BCUT2D eigenvalue weighted by atomic mass is 79.9. The minimum atomic E-state index is -0.989. The normalized spacial score (nSPS) is 24.2. The molecule has 2 aromatic rings. The first-order valence-corrected chi connectivity index (χ1v) is 9.99. The smallest absolute Gasteiger partial charge is 0.265 e. The van der Waals surface area contributed by atoms with Gasteiger partial charge in [0.2, 0.25) is 11.8 Å². The van der Waals surface area contributed by atoms with Crippen molar-refractivity contribution in [2.24, 2.45) is 11.7 Å². The molecule has 2 N–H and O–H groups in total. The van der Waals surface area contributed by atoms with Gasteiger partial charge in [0.25, 0.3) is 5.91 Å². The van der Waals surface area contributed by atoms with Crippen LogP contribution in [0.15, 0.2) is 46.9 Å². The minimum absolute atomic E-state index is 0.205. The summed E-state index contributed by atoms with van der Waals surface area (Å²) in [5.41, 5.74) is 8.82. The third-order valence-corrected chi connectivity index (χ3v) is 5.99. The average molecular weight is 458 g/mol. The summed E-state index contributed by atoms with van der Waals surface area (Å²) in [6, 6.07) is 12.2. The van der Waals surface area contributed by atoms with Crippen LogP contribution in [-0.2, 0) is 19.2 Å². The zero-order valence-corrected chi connectivity index (χ0v) is 17.5. The van der Waals surface area contributed by atoms with Gasteiger partial charge in [-0.25, -0.2) is 4.90 Å². The Morgan fingerprint density at radius 2 is 1.76 bits per heavy atom. The summed E-state index contributed by atoms with van der Waals surface area (Å²) in [5, 5.41) is 1.37. The van der Waals surface area contributed by atoms with Gasteiger partial charge in [0, 0.05) is 4.47 Å². The Morgan fingerprint density at radius 1 is 1.07 bits per heavy atom. The van der Waals surface area contributed by atoms with Crippen molar-refractivity contribution in [3.63, 3.8) is 0 Å². The van der Waals surface area contributed by atoms with Crippen LogP contribution in [0.25, 0.3) is 0 Å². The number of hydroxylamine groups is 2. The molecule has 150 valence electrons. The van der Waals surface area contributed by atoms with E-state index in [4.69, 9.17) is 10.6 Å². The molecular weight excluding hydrogens is 438 g/mol. The maximum absolute atomic E-state index is 13.3. The van der Waals surface area contributed by atoms with Crippen LogP contribution in [0, 0.1) is 19.8 Å². The zero-order chi connectivity index (χ0) is 20.9. The van der Waals surface area contributed by atoms with E-state index in [1.54, 1.807) is 24.3 Å². The lowest BCUT2D eigenvalue weighted by atomic mass is 9.89. The Labute approximate surface area is 176 Å². The van der Waals surface area contributed by atoms with Crippen LogP contribution in [0.5, 0.6) is 0 Å². The molecule has 2 fully saturated rings. The molecule has 4 rings (SSSR count). The summed E-state index contributed by atoms with van der Waals surface area (Å²) in [6.45, 7) is 3.76. The molecule has 0 aromatic heterocycles. The molecule has 2 heterocycles. The number of carbonyl (C=O) groups excluding carboxylic acids is 3. The SMILES string of the molecule is Cc1ccc(C2C3C(=O)N(c4ccc(Br)cc4)C(=O)C3ON2CC(N)=O)cc1C. The van der Waals surface area contributed by atoms with E-state index in [1.807, 2.05) is 32.0 Å². The molecule has 0 saturated carbocycles. The molecule has 8 heteroatoms. The highest BCUT2D eigenvalue weighted by Crippen LogP contribution is 2.45. The van der Waals surface area contributed by atoms with Gasteiger partial charge >= 0.3 is 0 Å². The number of aryl methyl sites for hydroxylation is 2. The summed E-state index contributed by atoms with van der Waals surface area (Å²) < 4.78 is 0.845. The van der Waals surface area contributed by atoms with Crippen molar-refractivity contribution in [2.45, 2.75) is 26.0 Å². The summed E-state index contributed by atoms with van der Waals surface area (Å²) in [4.78, 5) is 44.9. The number of nitrogens with zero attached hydrogens (tertiary/aromatic N) is 2. The molecule has 0 bridgehead atoms. The van der Waals surface area contributed by atoms with Gasteiger partial charge < -0.3 is 5.73 Å². The highest BCUT2D eigenvalue weighted by Gasteiger charge is 2.60. The van der Waals surface area contributed by atoms with Crippen LogP contribution in [0.4, 0.5) is 5.69 Å². The number of anilines is 1. The van der Waals surface area contributed by atoms with Gasteiger partial charge in [-0.2, -0.15) is 5.06 Å². The number of hydrogen-bond acceptors (Lipinski definition) is 5. The van der Waals surface area contributed by atoms with Crippen molar-refractivity contribution < 1.29 is 19.2 Å². The second-order valence-electron chi connectivity index (χ2n) is 7.37. The van der Waals surface area contributed by atoms with Crippen molar-refractivity contribution in [2.75, 3.05) is 11.4 Å². The number of carbonyl (C=O) groups is 3. The predicted octanol–water partition coefficient (Wildman–Crippen LogP) is 2.40. The number of halogens is 1. The number of nitrogens with two attached hydrogens (primary N) is 1. The first-order valence-electron chi connectivity index (χ1n) is 9.20. The van der Waals surface area contributed by atoms with Crippen LogP contribution in [0.2, 0.25) is 0 Å². The standard InChI is InChI=1S/C21H20BrN3O4/c1-11-3-4-13(9-12(11)2)18-17-19(29-24(18)10-16(23)26)21(28)25(20(17)27)15-7-5-14(22)6-8-15/h3-9,17-19H,10H2,1-2H3,(H2,23,26). The minimum Gasteiger partial charge on any atom is -0.368 e. The summed E-state index contributed by atoms with van der Waals surface area (Å²) in [5.74, 6) is -2.14. The van der Waals surface area contributed by atoms with Gasteiger partial charge in [-0.1, -0.05) is 34.1 Å². The number of imide groups is 1. The summed E-state index contributed by atoms with van der Waals surface area (Å²) >= 11 is 3.35. The molecule has 2 aromatic carbocycles. The predicted molar refractivity (Wildman–Crippen MR) is 110 cm³/mol. The first-order chi connectivity index (χ1) is 13.8. The molecule has 0 radical (unpaired) electrons. The van der Waals surface area contributed by atoms with E-state index in [0.717, 1.165) is 26.1 Å². The maximum atomic E-state index is 13.3. The van der Waals surface area contributed by atoms with Crippen LogP contribution in [0.1, 0.15) is 22.7 Å². The average Bonchev–Trinajstić information content (AvgIpc) is 3.14. The number of rotatable bonds is 4. The zero-order valence-electron chi connectivity index (χ0n) is 16.0. The first kappa shape index (κ1) is 19.8. The van der Waals surface area contributed by atoms with Gasteiger partial charge in [0.1, 0.15) is 6.54 Å². The van der Waals surface area contributed by atoms with Gasteiger partial charge in [0.15, 0.2) is 6.10 Å². The third kappa shape index (κ3) is 3.37. The molecule has 0 aliphatic carbocycles. The molecule has 3 amide bonds. The summed E-state index contributed by atoms with van der Waals surface area (Å²) in [7, 11) is 0. The highest BCUT2D eigenvalue weighted by molar-refractivity contribution is 9.10. The lowest BCUT2D eigenvalue weighted by Gasteiger charge is -2.26. The largest absolute Gasteiger partial charge is 0.368 e. The van der Waals surface area contributed by atoms with Gasteiger partial charge in [-0.15, -0.1) is 0 Å². The monoisotopic (exact) mass is 457 g/mol. The van der Waals surface area contributed by atoms with Crippen LogP contribution < -0.4 is 10.6 Å². The second kappa shape index (κ2) is 7.37. The molecule has 7 nitrogen and oxygen atoms in total. The number of fused-ring (bicyclic) bond motifs is 1. The fourth-order valence-electron chi connectivity index (χ4n) is 3.93. The molecule has 3 unspecified atom stereocenters. The van der Waals surface area contributed by atoms with Gasteiger partial charge in [-0.05, 0) is 54.8 Å². The van der Waals surface area contributed by atoms with E-state index in [0.29, 0.717) is 5.69 Å². The molecule has 29 heavy (non-hydrogen) atoms. The van der Waals surface area contributed by atoms with E-state index in [1.165, 1.54) is 5.06 Å². The van der Waals surface area contributed by atoms with Gasteiger partial charge in [-0.3, -0.25) is 19.2 Å². The van der Waals surface area contributed by atoms with Crippen molar-refractivity contribution in [3.8, 4) is 0 Å². The van der Waals surface area contributed by atoms with Crippen LogP contribution >= 0.6 is 15.9 Å². The Kier molecular flexibility index (Phi) is 5.02. The van der Waals surface area contributed by atoms with Crippen LogP contribution in [0.3, 0.4) is 0 Å². The fraction of sp³-hybridized carbons (Fsp3) is 0.286. The van der Waals surface area contributed by atoms with Crippen molar-refractivity contribution >= 4 is 39.3 Å². The molecule has 2 aliphatic rings. The topological polar surface area (TPSA) is 92.9 Å². The number of hydrogen-bond donors (Lipinski definition) is 1. The molecule has 0 spiro atoms. The lowest BCUT2D eigenvalue weighted by Crippen LogP contribution is -2.40. The Morgan fingerprint density at radius 3 is 2.38 bits per heavy atom. The van der Waals surface area contributed by atoms with Crippen LogP contribution in [-0.4, -0.2) is 35.4 Å². The summed E-state index contributed by atoms with van der Waals surface area (Å²) in [6.07, 6.45) is -0.989. The fourth-order valence-corrected chi connectivity index (χ4v) is 4.19. The second-order valence-corrected chi connectivity index (χ2v) is 8.29. The molecule has 2 aliphatic heterocycles. The van der Waals surface area contributed by atoms with Gasteiger partial charge in [0.05, 0.1) is 17.6 Å². The lowest BCUT2D eigenvalue weighted by molar-refractivity contribution is -0.175. The van der Waals surface area contributed by atoms with E-state index in [2.05, 4.69) is 15.9 Å². The van der Waals surface area contributed by atoms with Crippen molar-refractivity contribution in [1.29, 1.82) is 0 Å². The number of primary amides is 1. The Balaban J connectivity index is 1.75. The molecule has 2 saturated heterocycles. The van der Waals surface area contributed by atoms with E-state index in [-0.39, 0.29) is 12.5 Å². The van der Waals surface area contributed by atoms with Crippen molar-refractivity contribution in [3.05, 3.63) is 63.6 Å². The maximum Gasteiger partial charge on any atom is 0.265 e. The number of amides is 3. The van der Waals surface area contributed by atoms with E-state index in [9.17, 15) is 14.4 Å². The van der Waals surface area contributed by atoms with E-state index >= 15 is 0 Å². The third-order valence-electron chi connectivity index (χ3n) is 5.46. The molecular formula is C21H20BrN3O4. The number of benzene rings is 2. The quantitative estimate of drug-likeness (QED) is 0.711. The molecule has 3 atom stereocenters.